The van der Waals surface area contributed by atoms with Gasteiger partial charge in [-0.2, -0.15) is 0 Å². The van der Waals surface area contributed by atoms with E-state index in [1.165, 1.54) is 11.3 Å². The number of aryl methyl sites for hydroxylation is 1. The van der Waals surface area contributed by atoms with Crippen LogP contribution < -0.4 is 11.1 Å². The lowest BCUT2D eigenvalue weighted by molar-refractivity contribution is 0.0998. The normalized spacial score (nSPS) is 11.2. The molecule has 0 spiro atoms. The zero-order chi connectivity index (χ0) is 17.4. The smallest absolute Gasteiger partial charge is 0.292 e. The van der Waals surface area contributed by atoms with Gasteiger partial charge in [-0.1, -0.05) is 32.0 Å². The van der Waals surface area contributed by atoms with Gasteiger partial charge >= 0.3 is 0 Å². The van der Waals surface area contributed by atoms with Crippen LogP contribution in [0, 0.1) is 6.92 Å². The molecule has 1 aromatic carbocycles. The molecule has 2 heterocycles. The van der Waals surface area contributed by atoms with Gasteiger partial charge in [-0.25, -0.2) is 0 Å². The van der Waals surface area contributed by atoms with E-state index in [1.807, 2.05) is 45.0 Å². The Labute approximate surface area is 143 Å². The number of para-hydroxylation sites is 1. The van der Waals surface area contributed by atoms with Crippen LogP contribution in [-0.4, -0.2) is 11.8 Å². The largest absolute Gasteiger partial charge is 0.451 e. The second kappa shape index (κ2) is 6.13. The van der Waals surface area contributed by atoms with Crippen molar-refractivity contribution >= 4 is 39.1 Å². The molecule has 3 rings (SSSR count). The summed E-state index contributed by atoms with van der Waals surface area (Å²) in [5, 5.41) is 4.12. The van der Waals surface area contributed by atoms with E-state index in [1.54, 1.807) is 6.07 Å². The molecular weight excluding hydrogens is 324 g/mol. The minimum absolute atomic E-state index is 0.242. The fourth-order valence-corrected chi connectivity index (χ4v) is 3.58. The average molecular weight is 342 g/mol. The standard InChI is InChI=1S/C18H18N2O3S/c1-9(2)14-8-12(16(19)21)18(24-14)20-17(22)15-10(3)11-6-4-5-7-13(11)23-15/h4-9H,1-3H3,(H2,19,21)(H,20,22). The van der Waals surface area contributed by atoms with Crippen molar-refractivity contribution in [1.82, 2.24) is 0 Å². The summed E-state index contributed by atoms with van der Waals surface area (Å²) in [6, 6.07) is 9.20. The number of amides is 2. The molecule has 0 fully saturated rings. The molecule has 24 heavy (non-hydrogen) atoms. The molecule has 124 valence electrons. The average Bonchev–Trinajstić information content (AvgIpc) is 3.10. The summed E-state index contributed by atoms with van der Waals surface area (Å²) in [7, 11) is 0. The quantitative estimate of drug-likeness (QED) is 0.742. The molecule has 0 atom stereocenters. The van der Waals surface area contributed by atoms with Crippen molar-refractivity contribution in [2.45, 2.75) is 26.7 Å². The number of nitrogens with two attached hydrogens (primary N) is 1. The molecular formula is C18H18N2O3S. The zero-order valence-corrected chi connectivity index (χ0v) is 14.5. The SMILES string of the molecule is Cc1c(C(=O)Nc2sc(C(C)C)cc2C(N)=O)oc2ccccc12. The van der Waals surface area contributed by atoms with E-state index in [9.17, 15) is 9.59 Å². The second-order valence-corrected chi connectivity index (χ2v) is 7.00. The number of carbonyl (C=O) groups excluding carboxylic acids is 2. The molecule has 2 amide bonds. The van der Waals surface area contributed by atoms with Gasteiger partial charge < -0.3 is 15.5 Å². The molecule has 3 N–H and O–H groups in total. The molecule has 2 aromatic heterocycles. The molecule has 3 aromatic rings. The van der Waals surface area contributed by atoms with Gasteiger partial charge in [0.15, 0.2) is 5.76 Å². The number of thiophene rings is 1. The van der Waals surface area contributed by atoms with Crippen molar-refractivity contribution in [3.63, 3.8) is 0 Å². The number of fused-ring (bicyclic) bond motifs is 1. The first-order chi connectivity index (χ1) is 11.4. The minimum Gasteiger partial charge on any atom is -0.451 e. The van der Waals surface area contributed by atoms with Crippen LogP contribution >= 0.6 is 11.3 Å². The predicted octanol–water partition coefficient (Wildman–Crippen LogP) is 4.28. The Hall–Kier alpha value is -2.60. The predicted molar refractivity (Wildman–Crippen MR) is 95.8 cm³/mol. The molecule has 0 aliphatic rings. The highest BCUT2D eigenvalue weighted by Crippen LogP contribution is 2.33. The Bertz CT molecular complexity index is 937. The van der Waals surface area contributed by atoms with Gasteiger partial charge in [0, 0.05) is 15.8 Å². The summed E-state index contributed by atoms with van der Waals surface area (Å²) in [5.74, 6) is -0.462. The lowest BCUT2D eigenvalue weighted by atomic mass is 10.1. The van der Waals surface area contributed by atoms with Gasteiger partial charge in [-0.3, -0.25) is 9.59 Å². The Morgan fingerprint density at radius 3 is 2.58 bits per heavy atom. The Morgan fingerprint density at radius 1 is 1.25 bits per heavy atom. The number of primary amides is 1. The number of rotatable bonds is 4. The van der Waals surface area contributed by atoms with Crippen molar-refractivity contribution in [1.29, 1.82) is 0 Å². The number of nitrogens with one attached hydrogen (secondary N) is 1. The molecule has 6 heteroatoms. The van der Waals surface area contributed by atoms with Crippen LogP contribution in [0.3, 0.4) is 0 Å². The highest BCUT2D eigenvalue weighted by Gasteiger charge is 2.22. The molecule has 0 saturated heterocycles. The number of anilines is 1. The van der Waals surface area contributed by atoms with Gasteiger partial charge in [0.05, 0.1) is 5.56 Å². The number of hydrogen-bond donors (Lipinski definition) is 2. The first-order valence-electron chi connectivity index (χ1n) is 7.61. The van der Waals surface area contributed by atoms with Crippen LogP contribution in [0.1, 0.15) is 51.1 Å². The van der Waals surface area contributed by atoms with Gasteiger partial charge in [-0.05, 0) is 25.0 Å². The summed E-state index contributed by atoms with van der Waals surface area (Å²) < 4.78 is 5.66. The van der Waals surface area contributed by atoms with Gasteiger partial charge in [-0.15, -0.1) is 11.3 Å². The molecule has 0 aliphatic heterocycles. The van der Waals surface area contributed by atoms with Crippen LogP contribution in [0.15, 0.2) is 34.7 Å². The van der Waals surface area contributed by atoms with Crippen molar-refractivity contribution < 1.29 is 14.0 Å². The van der Waals surface area contributed by atoms with Crippen LogP contribution in [-0.2, 0) is 0 Å². The van der Waals surface area contributed by atoms with Crippen LogP contribution in [0.25, 0.3) is 11.0 Å². The molecule has 0 aliphatic carbocycles. The molecule has 0 bridgehead atoms. The Kier molecular flexibility index (Phi) is 4.15. The van der Waals surface area contributed by atoms with Crippen LogP contribution in [0.5, 0.6) is 0 Å². The maximum atomic E-state index is 12.6. The first-order valence-corrected chi connectivity index (χ1v) is 8.43. The molecule has 5 nitrogen and oxygen atoms in total. The highest BCUT2D eigenvalue weighted by atomic mass is 32.1. The second-order valence-electron chi connectivity index (χ2n) is 5.92. The lowest BCUT2D eigenvalue weighted by Gasteiger charge is -2.03. The number of furan rings is 1. The third-order valence-corrected chi connectivity index (χ3v) is 5.21. The monoisotopic (exact) mass is 342 g/mol. The summed E-state index contributed by atoms with van der Waals surface area (Å²) in [4.78, 5) is 25.2. The van der Waals surface area contributed by atoms with E-state index in [4.69, 9.17) is 10.2 Å². The Morgan fingerprint density at radius 2 is 1.96 bits per heavy atom. The fourth-order valence-electron chi connectivity index (χ4n) is 2.52. The van der Waals surface area contributed by atoms with E-state index >= 15 is 0 Å². The van der Waals surface area contributed by atoms with Gasteiger partial charge in [0.25, 0.3) is 11.8 Å². The van der Waals surface area contributed by atoms with E-state index in [0.29, 0.717) is 16.1 Å². The number of carbonyl (C=O) groups is 2. The topological polar surface area (TPSA) is 85.3 Å². The van der Waals surface area contributed by atoms with Gasteiger partial charge in [0.2, 0.25) is 0 Å². The maximum Gasteiger partial charge on any atom is 0.292 e. The Balaban J connectivity index is 1.97. The van der Waals surface area contributed by atoms with Crippen LogP contribution in [0.2, 0.25) is 0 Å². The summed E-state index contributed by atoms with van der Waals surface area (Å²) in [5.41, 5.74) is 7.18. The number of benzene rings is 1. The van der Waals surface area contributed by atoms with Crippen molar-refractivity contribution in [2.75, 3.05) is 5.32 Å². The zero-order valence-electron chi connectivity index (χ0n) is 13.7. The highest BCUT2D eigenvalue weighted by molar-refractivity contribution is 7.16. The molecule has 0 unspecified atom stereocenters. The van der Waals surface area contributed by atoms with Crippen LogP contribution in [0.4, 0.5) is 5.00 Å². The lowest BCUT2D eigenvalue weighted by Crippen LogP contribution is -2.16. The third-order valence-electron chi connectivity index (χ3n) is 3.86. The van der Waals surface area contributed by atoms with Crippen molar-refractivity contribution in [3.05, 3.63) is 52.1 Å². The van der Waals surface area contributed by atoms with E-state index < -0.39 is 5.91 Å². The van der Waals surface area contributed by atoms with Crippen molar-refractivity contribution in [3.8, 4) is 0 Å². The number of hydrogen-bond acceptors (Lipinski definition) is 4. The van der Waals surface area contributed by atoms with Crippen molar-refractivity contribution in [2.24, 2.45) is 5.73 Å². The van der Waals surface area contributed by atoms with E-state index in [2.05, 4.69) is 5.32 Å². The summed E-state index contributed by atoms with van der Waals surface area (Å²) in [6.45, 7) is 5.88. The minimum atomic E-state index is -0.560. The van der Waals surface area contributed by atoms with E-state index in [0.717, 1.165) is 15.8 Å². The molecule has 0 radical (unpaired) electrons. The van der Waals surface area contributed by atoms with Gasteiger partial charge in [0.1, 0.15) is 10.6 Å². The first kappa shape index (κ1) is 16.3. The molecule has 0 saturated carbocycles. The fraction of sp³-hybridized carbons (Fsp3) is 0.222. The summed E-state index contributed by atoms with van der Waals surface area (Å²) in [6.07, 6.45) is 0. The summed E-state index contributed by atoms with van der Waals surface area (Å²) >= 11 is 1.36. The third kappa shape index (κ3) is 2.80. The maximum absolute atomic E-state index is 12.6. The van der Waals surface area contributed by atoms with E-state index in [-0.39, 0.29) is 17.6 Å².